The quantitative estimate of drug-likeness (QED) is 0.772. The van der Waals surface area contributed by atoms with Gasteiger partial charge in [-0.15, -0.1) is 0 Å². The predicted molar refractivity (Wildman–Crippen MR) is 91.3 cm³/mol. The van der Waals surface area contributed by atoms with Gasteiger partial charge in [-0.25, -0.2) is 0 Å². The number of fused-ring (bicyclic) bond motifs is 1. The average molecular weight is 322 g/mol. The summed E-state index contributed by atoms with van der Waals surface area (Å²) in [5.74, 6) is 1.56. The molecule has 1 aliphatic rings. The largest absolute Gasteiger partial charge is 0.486 e. The molecule has 2 N–H and O–H groups in total. The Bertz CT molecular complexity index is 860. The lowest BCUT2D eigenvalue weighted by molar-refractivity contribution is 0.171. The maximum Gasteiger partial charge on any atom is 0.162 e. The van der Waals surface area contributed by atoms with Gasteiger partial charge in [0, 0.05) is 23.9 Å². The van der Waals surface area contributed by atoms with E-state index < -0.39 is 0 Å². The van der Waals surface area contributed by atoms with Crippen LogP contribution in [-0.4, -0.2) is 28.4 Å². The Morgan fingerprint density at radius 1 is 1.12 bits per heavy atom. The van der Waals surface area contributed by atoms with Crippen LogP contribution in [0.3, 0.4) is 0 Å². The zero-order valence-electron chi connectivity index (χ0n) is 13.4. The predicted octanol–water partition coefficient (Wildman–Crippen LogP) is 3.16. The Morgan fingerprint density at radius 2 is 2.00 bits per heavy atom. The van der Waals surface area contributed by atoms with Gasteiger partial charge in [0.25, 0.3) is 0 Å². The van der Waals surface area contributed by atoms with Gasteiger partial charge >= 0.3 is 0 Å². The molecule has 4 rings (SSSR count). The number of rotatable bonds is 4. The number of aromatic amines is 1. The summed E-state index contributed by atoms with van der Waals surface area (Å²) in [4.78, 5) is 4.16. The third-order valence-corrected chi connectivity index (χ3v) is 4.06. The molecular formula is C18H18N4O2. The normalized spacial score (nSPS) is 12.9. The Labute approximate surface area is 139 Å². The van der Waals surface area contributed by atoms with E-state index in [4.69, 9.17) is 9.47 Å². The first-order valence-electron chi connectivity index (χ1n) is 7.88. The summed E-state index contributed by atoms with van der Waals surface area (Å²) in [6.07, 6.45) is 5.46. The van der Waals surface area contributed by atoms with Gasteiger partial charge in [-0.1, -0.05) is 0 Å². The highest BCUT2D eigenvalue weighted by molar-refractivity contribution is 5.67. The molecule has 24 heavy (non-hydrogen) atoms. The summed E-state index contributed by atoms with van der Waals surface area (Å²) in [7, 11) is 0. The van der Waals surface area contributed by atoms with Crippen molar-refractivity contribution in [2.75, 3.05) is 18.5 Å². The number of ether oxygens (including phenoxy) is 2. The number of H-pyrrole nitrogens is 1. The van der Waals surface area contributed by atoms with E-state index in [1.807, 2.05) is 36.7 Å². The van der Waals surface area contributed by atoms with Crippen molar-refractivity contribution in [3.63, 3.8) is 0 Å². The fourth-order valence-corrected chi connectivity index (χ4v) is 2.73. The Hall–Kier alpha value is -3.02. The van der Waals surface area contributed by atoms with Gasteiger partial charge in [0.2, 0.25) is 0 Å². The van der Waals surface area contributed by atoms with Crippen molar-refractivity contribution in [3.8, 4) is 22.8 Å². The van der Waals surface area contributed by atoms with Crippen LogP contribution in [0.15, 0.2) is 42.9 Å². The van der Waals surface area contributed by atoms with Crippen LogP contribution >= 0.6 is 0 Å². The van der Waals surface area contributed by atoms with E-state index in [1.54, 1.807) is 6.20 Å². The number of hydrogen-bond donors (Lipinski definition) is 2. The molecule has 0 saturated heterocycles. The maximum atomic E-state index is 5.66. The van der Waals surface area contributed by atoms with Crippen molar-refractivity contribution in [2.45, 2.75) is 13.5 Å². The number of anilines is 1. The van der Waals surface area contributed by atoms with E-state index in [9.17, 15) is 0 Å². The van der Waals surface area contributed by atoms with E-state index in [1.165, 1.54) is 0 Å². The highest BCUT2D eigenvalue weighted by Crippen LogP contribution is 2.35. The molecule has 122 valence electrons. The molecule has 3 heterocycles. The topological polar surface area (TPSA) is 72.1 Å². The van der Waals surface area contributed by atoms with Crippen LogP contribution in [0.1, 0.15) is 11.1 Å². The third-order valence-electron chi connectivity index (χ3n) is 4.06. The van der Waals surface area contributed by atoms with Crippen molar-refractivity contribution < 1.29 is 9.47 Å². The molecule has 0 saturated carbocycles. The molecule has 3 aromatic rings. The monoisotopic (exact) mass is 322 g/mol. The molecule has 0 radical (unpaired) electrons. The zero-order valence-corrected chi connectivity index (χ0v) is 13.4. The van der Waals surface area contributed by atoms with Crippen LogP contribution in [0.25, 0.3) is 11.3 Å². The Kier molecular flexibility index (Phi) is 3.78. The van der Waals surface area contributed by atoms with Gasteiger partial charge in [-0.3, -0.25) is 10.1 Å². The van der Waals surface area contributed by atoms with E-state index in [2.05, 4.69) is 27.4 Å². The molecule has 0 aliphatic carbocycles. The maximum absolute atomic E-state index is 5.66. The van der Waals surface area contributed by atoms with Gasteiger partial charge in [0.1, 0.15) is 13.2 Å². The molecule has 6 heteroatoms. The molecule has 6 nitrogen and oxygen atoms in total. The second kappa shape index (κ2) is 6.23. The van der Waals surface area contributed by atoms with E-state index >= 15 is 0 Å². The number of nitrogens with zero attached hydrogens (tertiary/aromatic N) is 2. The van der Waals surface area contributed by atoms with Crippen LogP contribution in [0, 0.1) is 6.92 Å². The van der Waals surface area contributed by atoms with E-state index in [0.717, 1.165) is 39.6 Å². The first-order chi connectivity index (χ1) is 11.8. The van der Waals surface area contributed by atoms with Crippen molar-refractivity contribution in [1.82, 2.24) is 15.2 Å². The first kappa shape index (κ1) is 14.6. The first-order valence-corrected chi connectivity index (χ1v) is 7.88. The molecule has 0 bridgehead atoms. The molecule has 0 spiro atoms. The van der Waals surface area contributed by atoms with Crippen LogP contribution in [-0.2, 0) is 6.54 Å². The number of aromatic nitrogens is 3. The fraction of sp³-hybridized carbons (Fsp3) is 0.222. The molecule has 1 aliphatic heterocycles. The van der Waals surface area contributed by atoms with E-state index in [0.29, 0.717) is 19.8 Å². The van der Waals surface area contributed by atoms with E-state index in [-0.39, 0.29) is 0 Å². The summed E-state index contributed by atoms with van der Waals surface area (Å²) in [5, 5.41) is 10.7. The summed E-state index contributed by atoms with van der Waals surface area (Å²) in [5.41, 5.74) is 5.26. The minimum Gasteiger partial charge on any atom is -0.486 e. The number of benzene rings is 1. The molecule has 1 aromatic carbocycles. The minimum atomic E-state index is 0.578. The average Bonchev–Trinajstić information content (AvgIpc) is 3.09. The molecule has 0 fully saturated rings. The van der Waals surface area contributed by atoms with Gasteiger partial charge in [0.15, 0.2) is 11.5 Å². The van der Waals surface area contributed by atoms with Crippen LogP contribution in [0.4, 0.5) is 5.69 Å². The van der Waals surface area contributed by atoms with Crippen molar-refractivity contribution in [3.05, 3.63) is 54.0 Å². The summed E-state index contributed by atoms with van der Waals surface area (Å²) >= 11 is 0. The highest BCUT2D eigenvalue weighted by Gasteiger charge is 2.15. The van der Waals surface area contributed by atoms with Crippen LogP contribution in [0.5, 0.6) is 11.5 Å². The highest BCUT2D eigenvalue weighted by atomic mass is 16.6. The Balaban J connectivity index is 1.57. The fourth-order valence-electron chi connectivity index (χ4n) is 2.73. The van der Waals surface area contributed by atoms with Crippen molar-refractivity contribution in [2.24, 2.45) is 0 Å². The minimum absolute atomic E-state index is 0.578. The summed E-state index contributed by atoms with van der Waals surface area (Å²) < 4.78 is 11.2. The molecule has 0 atom stereocenters. The third kappa shape index (κ3) is 2.78. The molecular weight excluding hydrogens is 304 g/mol. The van der Waals surface area contributed by atoms with Gasteiger partial charge in [0.05, 0.1) is 23.8 Å². The number of pyridine rings is 1. The molecule has 0 amide bonds. The van der Waals surface area contributed by atoms with Crippen LogP contribution in [0.2, 0.25) is 0 Å². The zero-order chi connectivity index (χ0) is 16.4. The molecule has 0 unspecified atom stereocenters. The summed E-state index contributed by atoms with van der Waals surface area (Å²) in [6, 6.07) is 7.92. The smallest absolute Gasteiger partial charge is 0.162 e. The second-order valence-corrected chi connectivity index (χ2v) is 5.67. The van der Waals surface area contributed by atoms with Gasteiger partial charge in [-0.2, -0.15) is 5.10 Å². The lowest BCUT2D eigenvalue weighted by Gasteiger charge is -2.19. The lowest BCUT2D eigenvalue weighted by atomic mass is 10.1. The Morgan fingerprint density at radius 3 is 2.88 bits per heavy atom. The van der Waals surface area contributed by atoms with Gasteiger partial charge < -0.3 is 14.8 Å². The number of aryl methyl sites for hydroxylation is 1. The SMILES string of the molecule is Cc1ccncc1NCc1cn[nH]c1-c1ccc2c(c1)OCCO2. The van der Waals surface area contributed by atoms with Crippen LogP contribution < -0.4 is 14.8 Å². The van der Waals surface area contributed by atoms with Crippen molar-refractivity contribution in [1.29, 1.82) is 0 Å². The van der Waals surface area contributed by atoms with Gasteiger partial charge in [-0.05, 0) is 36.8 Å². The standard InChI is InChI=1S/C18H18N4O2/c1-12-4-5-19-11-15(12)20-9-14-10-21-22-18(14)13-2-3-16-17(8-13)24-7-6-23-16/h2-5,8,10-11,20H,6-7,9H2,1H3,(H,21,22). The summed E-state index contributed by atoms with van der Waals surface area (Å²) in [6.45, 7) is 3.89. The molecule has 2 aromatic heterocycles. The second-order valence-electron chi connectivity index (χ2n) is 5.67. The lowest BCUT2D eigenvalue weighted by Crippen LogP contribution is -2.15. The number of hydrogen-bond acceptors (Lipinski definition) is 5. The number of nitrogens with one attached hydrogen (secondary N) is 2. The van der Waals surface area contributed by atoms with Crippen molar-refractivity contribution >= 4 is 5.69 Å².